The molecule has 0 aromatic rings. The molecule has 0 saturated carbocycles. The summed E-state index contributed by atoms with van der Waals surface area (Å²) < 4.78 is 25.7. The Morgan fingerprint density at radius 1 is 1.42 bits per heavy atom. The molecular formula is C21H29ClF2N2. The minimum absolute atomic E-state index is 0.249. The van der Waals surface area contributed by atoms with E-state index in [0.717, 1.165) is 35.4 Å². The maximum atomic E-state index is 12.8. The zero-order chi connectivity index (χ0) is 19.7. The van der Waals surface area contributed by atoms with Crippen LogP contribution < -0.4 is 5.32 Å². The van der Waals surface area contributed by atoms with Crippen molar-refractivity contribution in [3.63, 3.8) is 0 Å². The molecule has 1 aliphatic heterocycles. The third-order valence-electron chi connectivity index (χ3n) is 3.91. The van der Waals surface area contributed by atoms with E-state index < -0.39 is 6.43 Å². The first-order valence-corrected chi connectivity index (χ1v) is 9.20. The van der Waals surface area contributed by atoms with E-state index in [4.69, 9.17) is 11.6 Å². The Bertz CT molecular complexity index is 667. The Labute approximate surface area is 161 Å². The molecule has 1 aliphatic rings. The van der Waals surface area contributed by atoms with Crippen LogP contribution in [0.5, 0.6) is 0 Å². The highest BCUT2D eigenvalue weighted by Crippen LogP contribution is 2.31. The zero-order valence-electron chi connectivity index (χ0n) is 16.2. The Morgan fingerprint density at radius 3 is 2.62 bits per heavy atom. The number of hydrogen-bond donors (Lipinski definition) is 1. The van der Waals surface area contributed by atoms with Crippen LogP contribution in [0.15, 0.2) is 69.6 Å². The number of nitrogens with zero attached hydrogens (tertiary/aromatic N) is 1. The molecule has 1 N–H and O–H groups in total. The first-order valence-electron chi connectivity index (χ1n) is 8.83. The SMILES string of the molecule is C\C=C/C(=C\CC)C(/C=C(/C)CC(F)F)=C(\NC)C1=CCN(C)C=C1Cl. The van der Waals surface area contributed by atoms with E-state index >= 15 is 0 Å². The van der Waals surface area contributed by atoms with E-state index in [1.54, 1.807) is 6.92 Å². The number of rotatable bonds is 8. The highest BCUT2D eigenvalue weighted by atomic mass is 35.5. The van der Waals surface area contributed by atoms with Gasteiger partial charge in [0.25, 0.3) is 0 Å². The van der Waals surface area contributed by atoms with E-state index in [0.29, 0.717) is 10.6 Å². The average Bonchev–Trinajstić information content (AvgIpc) is 2.55. The second-order valence-corrected chi connectivity index (χ2v) is 6.63. The Kier molecular flexibility index (Phi) is 9.42. The molecular weight excluding hydrogens is 354 g/mol. The van der Waals surface area contributed by atoms with E-state index in [9.17, 15) is 8.78 Å². The number of nitrogens with one attached hydrogen (secondary N) is 1. The molecule has 0 saturated heterocycles. The van der Waals surface area contributed by atoms with Crippen molar-refractivity contribution in [2.24, 2.45) is 0 Å². The van der Waals surface area contributed by atoms with Crippen molar-refractivity contribution in [3.05, 3.63) is 69.6 Å². The van der Waals surface area contributed by atoms with Gasteiger partial charge in [-0.3, -0.25) is 0 Å². The lowest BCUT2D eigenvalue weighted by Gasteiger charge is -2.24. The maximum absolute atomic E-state index is 12.8. The van der Waals surface area contributed by atoms with Crippen molar-refractivity contribution in [2.45, 2.75) is 40.0 Å². The van der Waals surface area contributed by atoms with Crippen LogP contribution in [0, 0.1) is 0 Å². The third kappa shape index (κ3) is 6.49. The number of alkyl halides is 2. The Balaban J connectivity index is 3.60. The molecule has 0 fully saturated rings. The first kappa shape index (κ1) is 22.2. The van der Waals surface area contributed by atoms with Crippen LogP contribution in [0.3, 0.4) is 0 Å². The maximum Gasteiger partial charge on any atom is 0.242 e. The van der Waals surface area contributed by atoms with Gasteiger partial charge >= 0.3 is 0 Å². The summed E-state index contributed by atoms with van der Waals surface area (Å²) in [5.41, 5.74) is 4.20. The molecule has 0 aromatic carbocycles. The highest BCUT2D eigenvalue weighted by Gasteiger charge is 2.18. The molecule has 2 nitrogen and oxygen atoms in total. The van der Waals surface area contributed by atoms with Gasteiger partial charge in [0.15, 0.2) is 0 Å². The summed E-state index contributed by atoms with van der Waals surface area (Å²) in [5.74, 6) is 0. The predicted molar refractivity (Wildman–Crippen MR) is 108 cm³/mol. The van der Waals surface area contributed by atoms with Crippen molar-refractivity contribution in [3.8, 4) is 0 Å². The summed E-state index contributed by atoms with van der Waals surface area (Å²) in [5, 5.41) is 3.86. The van der Waals surface area contributed by atoms with Crippen molar-refractivity contribution in [1.29, 1.82) is 0 Å². The minimum Gasteiger partial charge on any atom is -0.387 e. The molecule has 0 aromatic heterocycles. The van der Waals surface area contributed by atoms with Gasteiger partial charge in [-0.05, 0) is 25.8 Å². The molecule has 0 amide bonds. The second kappa shape index (κ2) is 11.0. The quantitative estimate of drug-likeness (QED) is 0.523. The van der Waals surface area contributed by atoms with Gasteiger partial charge in [0, 0.05) is 44.4 Å². The lowest BCUT2D eigenvalue weighted by molar-refractivity contribution is 0.149. The summed E-state index contributed by atoms with van der Waals surface area (Å²) in [6.07, 6.45) is 10.0. The fourth-order valence-corrected chi connectivity index (χ4v) is 3.14. The van der Waals surface area contributed by atoms with Crippen molar-refractivity contribution in [1.82, 2.24) is 10.2 Å². The van der Waals surface area contributed by atoms with E-state index in [1.165, 1.54) is 0 Å². The summed E-state index contributed by atoms with van der Waals surface area (Å²) in [6, 6.07) is 0. The standard InChI is InChI=1S/C21H29ClF2N2/c1-6-8-16(9-7-2)18(12-15(3)13-20(23)24)21(25-4)17-10-11-26(5)14-19(17)22/h6,8-10,12,14,20,25H,7,11,13H2,1-5H3/b8-6-,15-12-,16-9+,21-18-. The topological polar surface area (TPSA) is 15.3 Å². The predicted octanol–water partition coefficient (Wildman–Crippen LogP) is 5.93. The van der Waals surface area contributed by atoms with Gasteiger partial charge in [-0.25, -0.2) is 8.78 Å². The fraction of sp³-hybridized carbons (Fsp3) is 0.429. The largest absolute Gasteiger partial charge is 0.387 e. The number of allylic oxidation sites excluding steroid dienone is 8. The van der Waals surface area contributed by atoms with Crippen LogP contribution in [0.2, 0.25) is 0 Å². The molecule has 144 valence electrons. The van der Waals surface area contributed by atoms with E-state index in [2.05, 4.69) is 18.3 Å². The van der Waals surface area contributed by atoms with E-state index in [1.807, 2.05) is 56.4 Å². The van der Waals surface area contributed by atoms with Gasteiger partial charge in [0.05, 0.1) is 10.7 Å². The van der Waals surface area contributed by atoms with Crippen LogP contribution in [0.25, 0.3) is 0 Å². The van der Waals surface area contributed by atoms with Gasteiger partial charge in [-0.15, -0.1) is 0 Å². The van der Waals surface area contributed by atoms with Gasteiger partial charge < -0.3 is 10.2 Å². The molecule has 26 heavy (non-hydrogen) atoms. The van der Waals surface area contributed by atoms with Crippen LogP contribution in [-0.4, -0.2) is 32.0 Å². The van der Waals surface area contributed by atoms with Gasteiger partial charge in [-0.2, -0.15) is 0 Å². The molecule has 0 bridgehead atoms. The lowest BCUT2D eigenvalue weighted by atomic mass is 9.94. The molecule has 0 atom stereocenters. The van der Waals surface area contributed by atoms with Crippen molar-refractivity contribution < 1.29 is 8.78 Å². The first-order chi connectivity index (χ1) is 12.3. The molecule has 0 unspecified atom stereocenters. The second-order valence-electron chi connectivity index (χ2n) is 6.23. The van der Waals surface area contributed by atoms with Gasteiger partial charge in [0.2, 0.25) is 6.43 Å². The molecule has 0 aliphatic carbocycles. The third-order valence-corrected chi connectivity index (χ3v) is 4.21. The monoisotopic (exact) mass is 382 g/mol. The summed E-state index contributed by atoms with van der Waals surface area (Å²) in [7, 11) is 3.78. The molecule has 0 spiro atoms. The van der Waals surface area contributed by atoms with E-state index in [-0.39, 0.29) is 6.42 Å². The zero-order valence-corrected chi connectivity index (χ0v) is 17.0. The minimum atomic E-state index is -2.36. The number of halogens is 3. The van der Waals surface area contributed by atoms with Crippen LogP contribution in [0.1, 0.15) is 33.6 Å². The summed E-state index contributed by atoms with van der Waals surface area (Å²) in [4.78, 5) is 1.99. The Hall–Kier alpha value is -1.81. The summed E-state index contributed by atoms with van der Waals surface area (Å²) >= 11 is 6.47. The van der Waals surface area contributed by atoms with Crippen LogP contribution >= 0.6 is 11.6 Å². The highest BCUT2D eigenvalue weighted by molar-refractivity contribution is 6.32. The summed E-state index contributed by atoms with van der Waals surface area (Å²) in [6.45, 7) is 6.47. The van der Waals surface area contributed by atoms with Gasteiger partial charge in [0.1, 0.15) is 0 Å². The smallest absolute Gasteiger partial charge is 0.242 e. The molecule has 1 heterocycles. The van der Waals surface area contributed by atoms with Gasteiger partial charge in [-0.1, -0.05) is 54.5 Å². The van der Waals surface area contributed by atoms with Crippen LogP contribution in [-0.2, 0) is 0 Å². The molecule has 5 heteroatoms. The Morgan fingerprint density at radius 2 is 2.12 bits per heavy atom. The average molecular weight is 383 g/mol. The van der Waals surface area contributed by atoms with Crippen molar-refractivity contribution in [2.75, 3.05) is 20.6 Å². The molecule has 1 rings (SSSR count). The van der Waals surface area contributed by atoms with Crippen LogP contribution in [0.4, 0.5) is 8.78 Å². The molecule has 0 radical (unpaired) electrons. The van der Waals surface area contributed by atoms with Crippen molar-refractivity contribution >= 4 is 11.6 Å². The normalized spacial score (nSPS) is 17.5. The number of likely N-dealkylation sites (N-methyl/N-ethyl adjacent to an activating group) is 2. The number of hydrogen-bond acceptors (Lipinski definition) is 2. The lowest BCUT2D eigenvalue weighted by Crippen LogP contribution is -2.20. The fourth-order valence-electron chi connectivity index (χ4n) is 2.80.